The third kappa shape index (κ3) is 3.66. The minimum Gasteiger partial charge on any atom is -0.467 e. The number of carbonyl (C=O) groups excluding carboxylic acids is 1. The van der Waals surface area contributed by atoms with Gasteiger partial charge in [0.1, 0.15) is 0 Å². The van der Waals surface area contributed by atoms with Crippen LogP contribution in [0.25, 0.3) is 11.1 Å². The summed E-state index contributed by atoms with van der Waals surface area (Å²) in [6.07, 6.45) is 3.81. The molecule has 2 rings (SSSR count). The lowest BCUT2D eigenvalue weighted by Crippen LogP contribution is -2.49. The van der Waals surface area contributed by atoms with Gasteiger partial charge in [-0.15, -0.1) is 0 Å². The number of carbonyl (C=O) groups is 1. The van der Waals surface area contributed by atoms with Crippen LogP contribution < -0.4 is 16.2 Å². The summed E-state index contributed by atoms with van der Waals surface area (Å²) in [6.45, 7) is 1.64. The van der Waals surface area contributed by atoms with Crippen LogP contribution in [-0.2, 0) is 11.2 Å². The lowest BCUT2D eigenvalue weighted by atomic mass is 9.88. The van der Waals surface area contributed by atoms with E-state index in [-0.39, 0.29) is 12.3 Å². The number of methoxy groups -OCH3 is 1. The molecule has 22 heavy (non-hydrogen) atoms. The summed E-state index contributed by atoms with van der Waals surface area (Å²) < 4.78 is 4.95. The van der Waals surface area contributed by atoms with Crippen LogP contribution in [0.3, 0.4) is 0 Å². The Morgan fingerprint density at radius 1 is 1.27 bits per heavy atom. The van der Waals surface area contributed by atoms with Gasteiger partial charge in [0.25, 0.3) is 0 Å². The number of nitrogens with two attached hydrogens (primary N) is 2. The second-order valence-corrected chi connectivity index (χ2v) is 5.38. The fourth-order valence-corrected chi connectivity index (χ4v) is 2.19. The summed E-state index contributed by atoms with van der Waals surface area (Å²) in [7, 11) is 1.52. The molecule has 1 heterocycles. The van der Waals surface area contributed by atoms with Gasteiger partial charge in [-0.3, -0.25) is 4.79 Å². The van der Waals surface area contributed by atoms with E-state index in [1.807, 2.05) is 24.3 Å². The van der Waals surface area contributed by atoms with Crippen LogP contribution in [0.15, 0.2) is 36.7 Å². The van der Waals surface area contributed by atoms with Crippen LogP contribution in [0, 0.1) is 0 Å². The zero-order chi connectivity index (χ0) is 16.2. The number of nitrogens with zero attached hydrogens (tertiary/aromatic N) is 2. The molecule has 0 aliphatic rings. The van der Waals surface area contributed by atoms with E-state index >= 15 is 0 Å². The number of ether oxygens (including phenoxy) is 1. The fraction of sp³-hybridized carbons (Fsp3) is 0.312. The monoisotopic (exact) mass is 300 g/mol. The molecule has 2 aromatic rings. The van der Waals surface area contributed by atoms with Crippen molar-refractivity contribution in [3.63, 3.8) is 0 Å². The van der Waals surface area contributed by atoms with Crippen LogP contribution in [-0.4, -0.2) is 34.9 Å². The molecular weight excluding hydrogens is 280 g/mol. The van der Waals surface area contributed by atoms with Crippen molar-refractivity contribution in [2.45, 2.75) is 18.9 Å². The summed E-state index contributed by atoms with van der Waals surface area (Å²) in [5.74, 6) is -0.161. The molecule has 1 unspecified atom stereocenters. The molecule has 6 heteroatoms. The molecule has 0 amide bonds. The van der Waals surface area contributed by atoms with Crippen molar-refractivity contribution in [1.29, 1.82) is 0 Å². The number of hydrogen-bond acceptors (Lipinski definition) is 6. The predicted octanol–water partition coefficient (Wildman–Crippen LogP) is 0.940. The molecule has 0 fully saturated rings. The van der Waals surface area contributed by atoms with Gasteiger partial charge in [-0.25, -0.2) is 9.97 Å². The molecular formula is C16H20N4O2. The number of Topliss-reactive ketones (excluding diaryl/α,β-unsaturated/α-hetero) is 1. The molecule has 0 aliphatic heterocycles. The van der Waals surface area contributed by atoms with E-state index in [0.29, 0.717) is 12.4 Å². The van der Waals surface area contributed by atoms with E-state index in [4.69, 9.17) is 16.2 Å². The summed E-state index contributed by atoms with van der Waals surface area (Å²) in [5, 5.41) is 0. The van der Waals surface area contributed by atoms with E-state index in [9.17, 15) is 4.79 Å². The van der Waals surface area contributed by atoms with E-state index in [1.165, 1.54) is 7.11 Å². The quantitative estimate of drug-likeness (QED) is 0.822. The highest BCUT2D eigenvalue weighted by molar-refractivity contribution is 5.89. The third-order valence-corrected chi connectivity index (χ3v) is 3.46. The Labute approximate surface area is 129 Å². The van der Waals surface area contributed by atoms with Crippen molar-refractivity contribution >= 4 is 5.78 Å². The summed E-state index contributed by atoms with van der Waals surface area (Å²) in [6, 6.07) is 8.09. The maximum atomic E-state index is 11.8. The minimum atomic E-state index is -0.968. The number of hydrogen-bond donors (Lipinski definition) is 2. The Hall–Kier alpha value is -2.31. The summed E-state index contributed by atoms with van der Waals surface area (Å²) in [5.41, 5.74) is 13.3. The van der Waals surface area contributed by atoms with Gasteiger partial charge < -0.3 is 16.2 Å². The molecule has 0 saturated carbocycles. The normalized spacial score (nSPS) is 13.5. The molecule has 0 bridgehead atoms. The number of aromatic nitrogens is 2. The fourth-order valence-electron chi connectivity index (χ4n) is 2.19. The zero-order valence-corrected chi connectivity index (χ0v) is 12.7. The Kier molecular flexibility index (Phi) is 4.85. The molecule has 4 N–H and O–H groups in total. The van der Waals surface area contributed by atoms with Crippen LogP contribution in [0.2, 0.25) is 0 Å². The maximum Gasteiger partial charge on any atom is 0.316 e. The van der Waals surface area contributed by atoms with Crippen LogP contribution in [0.4, 0.5) is 0 Å². The number of ketones is 1. The SMILES string of the molecule is COc1ncc(-c2cccc(CC(C)(N)C(=O)CN)c2)cn1. The van der Waals surface area contributed by atoms with Gasteiger partial charge in [0.15, 0.2) is 5.78 Å². The Morgan fingerprint density at radius 2 is 1.95 bits per heavy atom. The van der Waals surface area contributed by atoms with Gasteiger partial charge in [-0.2, -0.15) is 0 Å². The topological polar surface area (TPSA) is 104 Å². The molecule has 0 radical (unpaired) electrons. The lowest BCUT2D eigenvalue weighted by Gasteiger charge is -2.22. The van der Waals surface area contributed by atoms with E-state index < -0.39 is 5.54 Å². The van der Waals surface area contributed by atoms with E-state index in [0.717, 1.165) is 16.7 Å². The first-order chi connectivity index (χ1) is 10.5. The second kappa shape index (κ2) is 6.64. The van der Waals surface area contributed by atoms with Crippen molar-refractivity contribution in [3.8, 4) is 17.1 Å². The number of benzene rings is 1. The van der Waals surface area contributed by atoms with Crippen molar-refractivity contribution in [3.05, 3.63) is 42.2 Å². The van der Waals surface area contributed by atoms with Gasteiger partial charge in [0, 0.05) is 18.0 Å². The highest BCUT2D eigenvalue weighted by Crippen LogP contribution is 2.22. The molecule has 0 spiro atoms. The standard InChI is InChI=1S/C16H20N4O2/c1-16(18,14(21)8-17)7-11-4-3-5-12(6-11)13-9-19-15(22-2)20-10-13/h3-6,9-10H,7-8,17-18H2,1-2H3. The minimum absolute atomic E-state index is 0.0565. The maximum absolute atomic E-state index is 11.8. The first kappa shape index (κ1) is 16.1. The molecule has 116 valence electrons. The van der Waals surface area contributed by atoms with Crippen molar-refractivity contribution in [2.75, 3.05) is 13.7 Å². The average Bonchev–Trinajstić information content (AvgIpc) is 2.54. The van der Waals surface area contributed by atoms with E-state index in [1.54, 1.807) is 19.3 Å². The largest absolute Gasteiger partial charge is 0.467 e. The van der Waals surface area contributed by atoms with Gasteiger partial charge in [-0.1, -0.05) is 24.3 Å². The first-order valence-electron chi connectivity index (χ1n) is 6.94. The highest BCUT2D eigenvalue weighted by atomic mass is 16.5. The molecule has 0 aliphatic carbocycles. The Morgan fingerprint density at radius 3 is 2.55 bits per heavy atom. The van der Waals surface area contributed by atoms with Gasteiger partial charge in [-0.05, 0) is 24.5 Å². The zero-order valence-electron chi connectivity index (χ0n) is 12.7. The lowest BCUT2D eigenvalue weighted by molar-refractivity contribution is -0.122. The van der Waals surface area contributed by atoms with Crippen LogP contribution >= 0.6 is 0 Å². The molecule has 0 saturated heterocycles. The summed E-state index contributed by atoms with van der Waals surface area (Å²) in [4.78, 5) is 20.0. The van der Waals surface area contributed by atoms with Gasteiger partial charge in [0.05, 0.1) is 19.2 Å². The van der Waals surface area contributed by atoms with Crippen molar-refractivity contribution in [2.24, 2.45) is 11.5 Å². The highest BCUT2D eigenvalue weighted by Gasteiger charge is 2.27. The van der Waals surface area contributed by atoms with Gasteiger partial charge >= 0.3 is 6.01 Å². The molecule has 1 aromatic carbocycles. The first-order valence-corrected chi connectivity index (χ1v) is 6.94. The van der Waals surface area contributed by atoms with Crippen molar-refractivity contribution < 1.29 is 9.53 Å². The Balaban J connectivity index is 2.24. The van der Waals surface area contributed by atoms with E-state index in [2.05, 4.69) is 9.97 Å². The molecule has 1 aromatic heterocycles. The average molecular weight is 300 g/mol. The molecule has 6 nitrogen and oxygen atoms in total. The smallest absolute Gasteiger partial charge is 0.316 e. The number of rotatable bonds is 6. The van der Waals surface area contributed by atoms with Crippen LogP contribution in [0.1, 0.15) is 12.5 Å². The molecule has 1 atom stereocenters. The Bertz CT molecular complexity index is 653. The predicted molar refractivity (Wildman–Crippen MR) is 84.4 cm³/mol. The third-order valence-electron chi connectivity index (χ3n) is 3.46. The summed E-state index contributed by atoms with van der Waals surface area (Å²) >= 11 is 0. The van der Waals surface area contributed by atoms with Crippen molar-refractivity contribution in [1.82, 2.24) is 9.97 Å². The second-order valence-electron chi connectivity index (χ2n) is 5.38. The van der Waals surface area contributed by atoms with Gasteiger partial charge in [0.2, 0.25) is 0 Å². The van der Waals surface area contributed by atoms with Crippen LogP contribution in [0.5, 0.6) is 6.01 Å².